The van der Waals surface area contributed by atoms with E-state index in [0.717, 1.165) is 52.2 Å². The van der Waals surface area contributed by atoms with Crippen LogP contribution in [0.5, 0.6) is 17.2 Å². The highest BCUT2D eigenvalue weighted by Gasteiger charge is 2.17. The number of fused-ring (bicyclic) bond motifs is 2. The second kappa shape index (κ2) is 21.3. The van der Waals surface area contributed by atoms with E-state index in [2.05, 4.69) is 44.2 Å². The third kappa shape index (κ3) is 12.1. The average molecular weight is 883 g/mol. The van der Waals surface area contributed by atoms with Gasteiger partial charge < -0.3 is 18.9 Å². The van der Waals surface area contributed by atoms with Crippen molar-refractivity contribution < 1.29 is 37.7 Å². The Kier molecular flexibility index (Phi) is 14.7. The van der Waals surface area contributed by atoms with Gasteiger partial charge in [0.1, 0.15) is 17.2 Å². The molecule has 0 saturated carbocycles. The summed E-state index contributed by atoms with van der Waals surface area (Å²) in [7, 11) is 0. The fraction of sp³-hybridized carbons (Fsp3) is 0.128. The number of aromatic nitrogens is 2. The van der Waals surface area contributed by atoms with Crippen LogP contribution < -0.4 is 25.1 Å². The van der Waals surface area contributed by atoms with Crippen LogP contribution in [0.15, 0.2) is 144 Å². The van der Waals surface area contributed by atoms with Gasteiger partial charge in [-0.25, -0.2) is 24.4 Å². The minimum absolute atomic E-state index is 0.111. The number of hydrogen-bond donors (Lipinski definition) is 2. The van der Waals surface area contributed by atoms with Crippen molar-refractivity contribution in [3.05, 3.63) is 151 Å². The Morgan fingerprint density at radius 1 is 0.698 bits per heavy atom. The molecule has 0 spiro atoms. The van der Waals surface area contributed by atoms with Crippen molar-refractivity contribution in [1.82, 2.24) is 9.97 Å². The first-order valence-corrected chi connectivity index (χ1v) is 21.2. The first-order chi connectivity index (χ1) is 30.7. The molecule has 0 aliphatic heterocycles. The van der Waals surface area contributed by atoms with E-state index in [1.165, 1.54) is 41.0 Å². The molecule has 16 heteroatoms. The third-order valence-electron chi connectivity index (χ3n) is 9.11. The normalized spacial score (nSPS) is 11.2. The molecule has 5 aromatic carbocycles. The van der Waals surface area contributed by atoms with Crippen LogP contribution in [0, 0.1) is 0 Å². The van der Waals surface area contributed by atoms with Gasteiger partial charge >= 0.3 is 17.9 Å². The van der Waals surface area contributed by atoms with E-state index in [4.69, 9.17) is 18.9 Å². The summed E-state index contributed by atoms with van der Waals surface area (Å²) in [6, 6.07) is 32.0. The van der Waals surface area contributed by atoms with Crippen molar-refractivity contribution in [1.29, 1.82) is 0 Å². The van der Waals surface area contributed by atoms with Crippen molar-refractivity contribution in [2.75, 3.05) is 24.1 Å². The summed E-state index contributed by atoms with van der Waals surface area (Å²) in [5.74, 6) is -2.59. The Morgan fingerprint density at radius 3 is 1.89 bits per heavy atom. The number of carbonyl (C=O) groups excluding carboxylic acids is 3. The average Bonchev–Trinajstić information content (AvgIpc) is 3.92. The molecular formula is C47H39FN6O7S2. The molecule has 7 rings (SSSR count). The lowest BCUT2D eigenvalue weighted by molar-refractivity contribution is -0.138. The molecule has 0 atom stereocenters. The van der Waals surface area contributed by atoms with E-state index < -0.39 is 23.7 Å². The molecule has 7 aromatic rings. The number of benzene rings is 5. The maximum absolute atomic E-state index is 13.7. The number of ether oxygens (including phenoxy) is 4. The second-order valence-electron chi connectivity index (χ2n) is 13.6. The van der Waals surface area contributed by atoms with Crippen LogP contribution in [0.1, 0.15) is 47.2 Å². The Morgan fingerprint density at radius 2 is 1.29 bits per heavy atom. The van der Waals surface area contributed by atoms with Crippen LogP contribution in [-0.2, 0) is 14.3 Å². The number of nitrogens with zero attached hydrogens (tertiary/aromatic N) is 4. The fourth-order valence-electron chi connectivity index (χ4n) is 6.00. The number of thiazole rings is 2. The molecule has 0 bridgehead atoms. The monoisotopic (exact) mass is 882 g/mol. The van der Waals surface area contributed by atoms with Gasteiger partial charge in [-0.3, -0.25) is 10.9 Å². The van der Waals surface area contributed by atoms with Gasteiger partial charge in [-0.15, -0.1) is 0 Å². The van der Waals surface area contributed by atoms with Crippen molar-refractivity contribution in [2.45, 2.75) is 25.7 Å². The van der Waals surface area contributed by atoms with Gasteiger partial charge in [-0.2, -0.15) is 14.6 Å². The quantitative estimate of drug-likeness (QED) is 0.0187. The van der Waals surface area contributed by atoms with Crippen molar-refractivity contribution in [2.24, 2.45) is 10.2 Å². The zero-order valence-electron chi connectivity index (χ0n) is 33.6. The molecule has 0 fully saturated rings. The molecule has 2 N–H and O–H groups in total. The van der Waals surface area contributed by atoms with Gasteiger partial charge in [-0.05, 0) is 110 Å². The predicted molar refractivity (Wildman–Crippen MR) is 246 cm³/mol. The number of hydrogen-bond acceptors (Lipinski definition) is 15. The number of para-hydroxylation sites is 2. The molecule has 2 heterocycles. The van der Waals surface area contributed by atoms with Crippen LogP contribution in [0.4, 0.5) is 14.7 Å². The van der Waals surface area contributed by atoms with Crippen molar-refractivity contribution >= 4 is 83.7 Å². The molecule has 0 aliphatic rings. The highest BCUT2D eigenvalue weighted by atomic mass is 32.1. The lowest BCUT2D eigenvalue weighted by Crippen LogP contribution is -2.11. The maximum atomic E-state index is 13.7. The summed E-state index contributed by atoms with van der Waals surface area (Å²) < 4.78 is 37.4. The summed E-state index contributed by atoms with van der Waals surface area (Å²) in [4.78, 5) is 46.0. The largest absolute Gasteiger partial charge is 0.494 e. The highest BCUT2D eigenvalue weighted by molar-refractivity contribution is 7.22. The molecule has 0 radical (unpaired) electrons. The molecule has 0 saturated heterocycles. The van der Waals surface area contributed by atoms with Crippen molar-refractivity contribution in [3.63, 3.8) is 0 Å². The Bertz CT molecular complexity index is 2760. The SMILES string of the molecule is C=CC(=O)OCCCCCCOc1ccc(C(=O)Oc2cc(/C=N/Nc3nc4ccccc4s3)c(-c3ccc(OC(=O)C(=C)F)cc3)cc2/C=N/Nc2nc3ccccc3s2)cc1. The van der Waals surface area contributed by atoms with Crippen LogP contribution in [0.2, 0.25) is 0 Å². The van der Waals surface area contributed by atoms with Crippen LogP contribution in [0.3, 0.4) is 0 Å². The molecule has 0 unspecified atom stereocenters. The molecule has 0 amide bonds. The van der Waals surface area contributed by atoms with Gasteiger partial charge in [0.05, 0.1) is 51.6 Å². The molecule has 0 aliphatic carbocycles. The molecular weight excluding hydrogens is 844 g/mol. The van der Waals surface area contributed by atoms with Gasteiger partial charge in [-0.1, -0.05) is 72.2 Å². The molecule has 13 nitrogen and oxygen atoms in total. The van der Waals surface area contributed by atoms with Gasteiger partial charge in [0.15, 0.2) is 0 Å². The van der Waals surface area contributed by atoms with E-state index in [9.17, 15) is 18.8 Å². The smallest absolute Gasteiger partial charge is 0.371 e. The molecule has 63 heavy (non-hydrogen) atoms. The zero-order chi connectivity index (χ0) is 44.0. The first-order valence-electron chi connectivity index (χ1n) is 19.6. The number of esters is 3. The summed E-state index contributed by atoms with van der Waals surface area (Å²) >= 11 is 2.87. The lowest BCUT2D eigenvalue weighted by Gasteiger charge is -2.14. The standard InChI is InChI=1S/C47H39FN6O7S2/c1-3-43(55)59-25-11-5-4-10-24-58-35-20-18-32(19-21-35)45(57)61-40-27-33(28-49-53-46-51-38-12-6-8-14-41(38)62-46)37(31-16-22-36(23-17-31)60-44(56)30(2)48)26-34(40)29-50-54-47-52-39-13-7-9-15-42(39)63-47/h3,6-9,12-23,26-29H,1-2,4-5,10-11,24-25H2,(H,51,53)(H,52,54)/b49-28+,50-29+. The first kappa shape index (κ1) is 43.5. The topological polar surface area (TPSA) is 163 Å². The van der Waals surface area contributed by atoms with E-state index in [1.807, 2.05) is 48.5 Å². The second-order valence-corrected chi connectivity index (χ2v) is 15.6. The Labute approximate surface area is 369 Å². The van der Waals surface area contributed by atoms with Gasteiger partial charge in [0.2, 0.25) is 16.1 Å². The number of halogens is 1. The zero-order valence-corrected chi connectivity index (χ0v) is 35.3. The minimum Gasteiger partial charge on any atom is -0.494 e. The Balaban J connectivity index is 1.14. The summed E-state index contributed by atoms with van der Waals surface area (Å²) in [6.45, 7) is 7.22. The van der Waals surface area contributed by atoms with Crippen LogP contribution >= 0.6 is 22.7 Å². The van der Waals surface area contributed by atoms with E-state index in [0.29, 0.717) is 51.5 Å². The Hall–Kier alpha value is -7.56. The number of anilines is 2. The van der Waals surface area contributed by atoms with Gasteiger partial charge in [0.25, 0.3) is 0 Å². The minimum atomic E-state index is -1.22. The highest BCUT2D eigenvalue weighted by Crippen LogP contribution is 2.33. The van der Waals surface area contributed by atoms with Crippen molar-refractivity contribution in [3.8, 4) is 28.4 Å². The predicted octanol–water partition coefficient (Wildman–Crippen LogP) is 10.7. The lowest BCUT2D eigenvalue weighted by atomic mass is 9.97. The van der Waals surface area contributed by atoms with Crippen LogP contribution in [0.25, 0.3) is 31.6 Å². The van der Waals surface area contributed by atoms with Gasteiger partial charge in [0, 0.05) is 17.2 Å². The fourth-order valence-corrected chi connectivity index (χ4v) is 7.63. The molecule has 2 aromatic heterocycles. The number of carbonyl (C=O) groups is 3. The van der Waals surface area contributed by atoms with E-state index >= 15 is 0 Å². The number of nitrogens with one attached hydrogen (secondary N) is 2. The maximum Gasteiger partial charge on any atom is 0.371 e. The third-order valence-corrected chi connectivity index (χ3v) is 11.0. The van der Waals surface area contributed by atoms with E-state index in [-0.39, 0.29) is 17.1 Å². The number of hydrazone groups is 2. The summed E-state index contributed by atoms with van der Waals surface area (Å²) in [5, 5.41) is 10.1. The number of rotatable bonds is 20. The summed E-state index contributed by atoms with van der Waals surface area (Å²) in [6.07, 6.45) is 7.60. The summed E-state index contributed by atoms with van der Waals surface area (Å²) in [5.41, 5.74) is 10.2. The van der Waals surface area contributed by atoms with Crippen LogP contribution in [-0.4, -0.2) is 53.5 Å². The van der Waals surface area contributed by atoms with E-state index in [1.54, 1.807) is 54.7 Å². The molecule has 318 valence electrons. The number of unbranched alkanes of at least 4 members (excludes halogenated alkanes) is 3.